The highest BCUT2D eigenvalue weighted by Gasteiger charge is 2.50. The normalized spacial score (nSPS) is 24.3. The number of halogens is 3. The molecule has 1 saturated carbocycles. The highest BCUT2D eigenvalue weighted by molar-refractivity contribution is 6.42. The Bertz CT molecular complexity index is 696. The van der Waals surface area contributed by atoms with Crippen molar-refractivity contribution in [3.05, 3.63) is 28.0 Å². The van der Waals surface area contributed by atoms with E-state index in [9.17, 15) is 0 Å². The monoisotopic (exact) mass is 346 g/mol. The van der Waals surface area contributed by atoms with Gasteiger partial charge in [-0.1, -0.05) is 37.0 Å². The summed E-state index contributed by atoms with van der Waals surface area (Å²) < 4.78 is 7.74. The van der Waals surface area contributed by atoms with Crippen molar-refractivity contribution in [3.63, 3.8) is 0 Å². The third-order valence-corrected chi connectivity index (χ3v) is 5.61. The number of hydrogen-bond donors (Lipinski definition) is 0. The zero-order chi connectivity index (χ0) is 15.4. The second-order valence-corrected chi connectivity index (χ2v) is 7.17. The lowest BCUT2D eigenvalue weighted by molar-refractivity contribution is -0.112. The first-order chi connectivity index (χ1) is 9.90. The van der Waals surface area contributed by atoms with Crippen LogP contribution in [0.1, 0.15) is 32.1 Å². The molecule has 0 N–H and O–H groups in total. The van der Waals surface area contributed by atoms with E-state index >= 15 is 0 Å². The van der Waals surface area contributed by atoms with Gasteiger partial charge in [0.2, 0.25) is 0 Å². The average molecular weight is 348 g/mol. The number of alkyl halides is 1. The predicted octanol–water partition coefficient (Wildman–Crippen LogP) is 5.07. The van der Waals surface area contributed by atoms with Gasteiger partial charge in [-0.2, -0.15) is 0 Å². The van der Waals surface area contributed by atoms with E-state index < -0.39 is 0 Å². The fraction of sp³-hybridized carbons (Fsp3) is 0.533. The molecular weight excluding hydrogens is 331 g/mol. The molecule has 6 heteroatoms. The fourth-order valence-electron chi connectivity index (χ4n) is 3.28. The van der Waals surface area contributed by atoms with E-state index in [1.165, 1.54) is 0 Å². The average Bonchev–Trinajstić information content (AvgIpc) is 2.76. The molecule has 1 fully saturated rings. The molecule has 0 spiro atoms. The van der Waals surface area contributed by atoms with Crippen LogP contribution in [0, 0.1) is 5.41 Å². The van der Waals surface area contributed by atoms with E-state index in [2.05, 4.69) is 23.4 Å². The number of aromatic nitrogens is 2. The van der Waals surface area contributed by atoms with E-state index in [-0.39, 0.29) is 11.5 Å². The summed E-state index contributed by atoms with van der Waals surface area (Å²) in [5.74, 6) is 1.20. The first-order valence-electron chi connectivity index (χ1n) is 6.84. The Morgan fingerprint density at radius 2 is 2.00 bits per heavy atom. The van der Waals surface area contributed by atoms with Crippen LogP contribution >= 0.6 is 34.8 Å². The summed E-state index contributed by atoms with van der Waals surface area (Å²) in [7, 11) is 1.76. The third-order valence-electron chi connectivity index (χ3n) is 4.65. The van der Waals surface area contributed by atoms with Gasteiger partial charge in [0, 0.05) is 18.6 Å². The number of rotatable bonds is 3. The van der Waals surface area contributed by atoms with Crippen LogP contribution in [0.5, 0.6) is 0 Å². The lowest BCUT2D eigenvalue weighted by atomic mass is 9.64. The van der Waals surface area contributed by atoms with Crippen molar-refractivity contribution in [2.24, 2.45) is 5.41 Å². The molecule has 114 valence electrons. The Kier molecular flexibility index (Phi) is 3.90. The lowest BCUT2D eigenvalue weighted by Crippen LogP contribution is -2.51. The molecule has 1 heterocycles. The zero-order valence-corrected chi connectivity index (χ0v) is 14.4. The summed E-state index contributed by atoms with van der Waals surface area (Å²) in [5, 5.41) is 1.05. The minimum absolute atomic E-state index is 0.0231. The molecule has 1 aliphatic carbocycles. The van der Waals surface area contributed by atoms with Crippen LogP contribution < -0.4 is 0 Å². The molecule has 2 aromatic rings. The summed E-state index contributed by atoms with van der Waals surface area (Å²) in [6, 6.07) is 3.96. The number of hydrogen-bond acceptors (Lipinski definition) is 2. The molecule has 0 radical (unpaired) electrons. The van der Waals surface area contributed by atoms with Gasteiger partial charge in [-0.15, -0.1) is 11.6 Å². The Morgan fingerprint density at radius 1 is 1.33 bits per heavy atom. The summed E-state index contributed by atoms with van der Waals surface area (Å²) >= 11 is 18.4. The van der Waals surface area contributed by atoms with Gasteiger partial charge in [0.1, 0.15) is 5.82 Å². The lowest BCUT2D eigenvalue weighted by Gasteiger charge is -2.52. The largest absolute Gasteiger partial charge is 0.381 e. The van der Waals surface area contributed by atoms with E-state index in [0.29, 0.717) is 22.0 Å². The Balaban J connectivity index is 2.16. The van der Waals surface area contributed by atoms with Crippen LogP contribution in [0.2, 0.25) is 10.0 Å². The minimum Gasteiger partial charge on any atom is -0.381 e. The standard InChI is InChI=1S/C15H17Cl3N2O/c1-15(2)12(6-13(15)21-3)20-11-5-9(18)8(17)4-10(11)19-14(20)7-16/h4-5,12-13H,6-7H2,1-3H3. The molecule has 21 heavy (non-hydrogen) atoms. The van der Waals surface area contributed by atoms with Crippen LogP contribution in [-0.2, 0) is 10.6 Å². The van der Waals surface area contributed by atoms with Crippen molar-refractivity contribution < 1.29 is 4.74 Å². The van der Waals surface area contributed by atoms with Crippen molar-refractivity contribution in [1.82, 2.24) is 9.55 Å². The van der Waals surface area contributed by atoms with Gasteiger partial charge in [-0.25, -0.2) is 4.98 Å². The number of nitrogens with zero attached hydrogens (tertiary/aromatic N) is 2. The minimum atomic E-state index is 0.0231. The van der Waals surface area contributed by atoms with Gasteiger partial charge in [-0.05, 0) is 18.6 Å². The molecule has 0 saturated heterocycles. The van der Waals surface area contributed by atoms with Crippen LogP contribution in [0.4, 0.5) is 0 Å². The van der Waals surface area contributed by atoms with Crippen molar-refractivity contribution in [1.29, 1.82) is 0 Å². The zero-order valence-electron chi connectivity index (χ0n) is 12.2. The topological polar surface area (TPSA) is 27.1 Å². The highest BCUT2D eigenvalue weighted by Crippen LogP contribution is 2.52. The SMILES string of the molecule is COC1CC(n2c(CCl)nc3cc(Cl)c(Cl)cc32)C1(C)C. The summed E-state index contributed by atoms with van der Waals surface area (Å²) in [6.07, 6.45) is 1.19. The maximum Gasteiger partial charge on any atom is 0.125 e. The Labute approximate surface area is 139 Å². The fourth-order valence-corrected chi connectivity index (χ4v) is 3.79. The van der Waals surface area contributed by atoms with Crippen LogP contribution in [0.15, 0.2) is 12.1 Å². The van der Waals surface area contributed by atoms with Gasteiger partial charge in [0.15, 0.2) is 0 Å². The second-order valence-electron chi connectivity index (χ2n) is 6.08. The maximum absolute atomic E-state index is 6.17. The van der Waals surface area contributed by atoms with E-state index in [4.69, 9.17) is 39.5 Å². The summed E-state index contributed by atoms with van der Waals surface area (Å²) in [4.78, 5) is 4.60. The smallest absolute Gasteiger partial charge is 0.125 e. The summed E-state index contributed by atoms with van der Waals surface area (Å²) in [5.41, 5.74) is 1.83. The van der Waals surface area contributed by atoms with Crippen LogP contribution in [0.3, 0.4) is 0 Å². The van der Waals surface area contributed by atoms with Crippen LogP contribution in [0.25, 0.3) is 11.0 Å². The van der Waals surface area contributed by atoms with Crippen molar-refractivity contribution in [2.45, 2.75) is 38.3 Å². The van der Waals surface area contributed by atoms with Gasteiger partial charge >= 0.3 is 0 Å². The first-order valence-corrected chi connectivity index (χ1v) is 8.13. The maximum atomic E-state index is 6.17. The predicted molar refractivity (Wildman–Crippen MR) is 87.5 cm³/mol. The van der Waals surface area contributed by atoms with Gasteiger partial charge in [0.25, 0.3) is 0 Å². The Hall–Kier alpha value is -0.480. The molecule has 1 aromatic carbocycles. The molecule has 1 aliphatic rings. The van der Waals surface area contributed by atoms with E-state index in [1.54, 1.807) is 13.2 Å². The highest BCUT2D eigenvalue weighted by atomic mass is 35.5. The number of benzene rings is 1. The molecule has 1 aromatic heterocycles. The number of ether oxygens (including phenoxy) is 1. The number of fused-ring (bicyclic) bond motifs is 1. The van der Waals surface area contributed by atoms with Crippen molar-refractivity contribution >= 4 is 45.8 Å². The van der Waals surface area contributed by atoms with Crippen molar-refractivity contribution in [2.75, 3.05) is 7.11 Å². The quantitative estimate of drug-likeness (QED) is 0.725. The van der Waals surface area contributed by atoms with Gasteiger partial charge in [-0.3, -0.25) is 0 Å². The molecule has 0 aliphatic heterocycles. The number of methoxy groups -OCH3 is 1. The third kappa shape index (κ3) is 2.26. The molecule has 2 atom stereocenters. The van der Waals surface area contributed by atoms with Crippen LogP contribution in [-0.4, -0.2) is 22.8 Å². The number of imidazole rings is 1. The van der Waals surface area contributed by atoms with Gasteiger partial charge in [0.05, 0.1) is 33.1 Å². The van der Waals surface area contributed by atoms with Crippen molar-refractivity contribution in [3.8, 4) is 0 Å². The molecule has 3 rings (SSSR count). The van der Waals surface area contributed by atoms with Gasteiger partial charge < -0.3 is 9.30 Å². The molecule has 0 amide bonds. The molecule has 3 nitrogen and oxygen atoms in total. The van der Waals surface area contributed by atoms with E-state index in [1.807, 2.05) is 6.07 Å². The molecule has 0 bridgehead atoms. The Morgan fingerprint density at radius 3 is 2.57 bits per heavy atom. The first kappa shape index (κ1) is 15.4. The van der Waals surface area contributed by atoms with E-state index in [0.717, 1.165) is 23.3 Å². The second kappa shape index (κ2) is 5.31. The summed E-state index contributed by atoms with van der Waals surface area (Å²) in [6.45, 7) is 4.41. The molecular formula is C15H17Cl3N2O. The molecule has 2 unspecified atom stereocenters.